The first-order valence-electron chi connectivity index (χ1n) is 6.51. The van der Waals surface area contributed by atoms with Crippen LogP contribution in [-0.4, -0.2) is 34.9 Å². The molecule has 21 heavy (non-hydrogen) atoms. The summed E-state index contributed by atoms with van der Waals surface area (Å²) in [6.45, 7) is 0. The number of hydrogen-bond donors (Lipinski definition) is 1. The monoisotopic (exact) mass is 299 g/mol. The zero-order valence-electron chi connectivity index (χ0n) is 11.7. The fourth-order valence-corrected chi connectivity index (χ4v) is 2.36. The van der Waals surface area contributed by atoms with Gasteiger partial charge in [0.15, 0.2) is 0 Å². The molecular formula is C16H14ClN3O. The van der Waals surface area contributed by atoms with E-state index in [1.807, 2.05) is 30.3 Å². The summed E-state index contributed by atoms with van der Waals surface area (Å²) in [4.78, 5) is 20.8. The third kappa shape index (κ3) is 2.62. The summed E-state index contributed by atoms with van der Waals surface area (Å²) in [5.41, 5.74) is 3.60. The zero-order chi connectivity index (χ0) is 15.0. The molecule has 0 atom stereocenters. The van der Waals surface area contributed by atoms with Crippen molar-refractivity contribution in [2.24, 2.45) is 0 Å². The molecule has 0 aliphatic carbocycles. The Hall–Kier alpha value is -2.33. The minimum absolute atomic E-state index is 0.00539. The van der Waals surface area contributed by atoms with Gasteiger partial charge < -0.3 is 9.88 Å². The molecule has 5 heteroatoms. The van der Waals surface area contributed by atoms with E-state index in [9.17, 15) is 4.79 Å². The number of H-pyrrole nitrogens is 1. The summed E-state index contributed by atoms with van der Waals surface area (Å²) >= 11 is 5.89. The zero-order valence-corrected chi connectivity index (χ0v) is 12.5. The molecule has 0 saturated heterocycles. The molecule has 0 saturated carbocycles. The van der Waals surface area contributed by atoms with Crippen LogP contribution in [-0.2, 0) is 0 Å². The highest BCUT2D eigenvalue weighted by molar-refractivity contribution is 6.30. The molecule has 0 radical (unpaired) electrons. The molecule has 1 N–H and O–H groups in total. The van der Waals surface area contributed by atoms with Crippen molar-refractivity contribution in [3.8, 4) is 11.3 Å². The second-order valence-electron chi connectivity index (χ2n) is 5.05. The molecule has 2 heterocycles. The van der Waals surface area contributed by atoms with E-state index in [-0.39, 0.29) is 5.91 Å². The molecule has 3 aromatic rings. The van der Waals surface area contributed by atoms with Crippen molar-refractivity contribution in [3.63, 3.8) is 0 Å². The highest BCUT2D eigenvalue weighted by Crippen LogP contribution is 2.25. The van der Waals surface area contributed by atoms with E-state index in [1.54, 1.807) is 31.3 Å². The summed E-state index contributed by atoms with van der Waals surface area (Å²) in [7, 11) is 3.48. The van der Waals surface area contributed by atoms with Gasteiger partial charge in [0.2, 0.25) is 0 Å². The van der Waals surface area contributed by atoms with Gasteiger partial charge in [-0.15, -0.1) is 0 Å². The van der Waals surface area contributed by atoms with Gasteiger partial charge in [-0.2, -0.15) is 0 Å². The van der Waals surface area contributed by atoms with Crippen LogP contribution in [0.3, 0.4) is 0 Å². The van der Waals surface area contributed by atoms with E-state index in [1.165, 1.54) is 0 Å². The Morgan fingerprint density at radius 3 is 2.57 bits per heavy atom. The van der Waals surface area contributed by atoms with Crippen LogP contribution in [0.25, 0.3) is 22.2 Å². The molecule has 106 valence electrons. The Labute approximate surface area is 127 Å². The summed E-state index contributed by atoms with van der Waals surface area (Å²) in [6.07, 6.45) is 1.74. The molecular weight excluding hydrogens is 286 g/mol. The lowest BCUT2D eigenvalue weighted by Crippen LogP contribution is -2.21. The maximum Gasteiger partial charge on any atom is 0.253 e. The van der Waals surface area contributed by atoms with Crippen molar-refractivity contribution in [2.75, 3.05) is 14.1 Å². The average molecular weight is 300 g/mol. The minimum atomic E-state index is -0.00539. The normalized spacial score (nSPS) is 10.8. The van der Waals surface area contributed by atoms with Crippen LogP contribution < -0.4 is 0 Å². The van der Waals surface area contributed by atoms with Crippen molar-refractivity contribution in [2.45, 2.75) is 0 Å². The highest BCUT2D eigenvalue weighted by atomic mass is 35.5. The number of hydrogen-bond acceptors (Lipinski definition) is 2. The lowest BCUT2D eigenvalue weighted by Gasteiger charge is -2.10. The number of carbonyl (C=O) groups excluding carboxylic acids is 1. The van der Waals surface area contributed by atoms with Crippen LogP contribution in [0.5, 0.6) is 0 Å². The van der Waals surface area contributed by atoms with Gasteiger partial charge in [0, 0.05) is 36.9 Å². The number of nitrogens with zero attached hydrogens (tertiary/aromatic N) is 2. The molecule has 0 unspecified atom stereocenters. The van der Waals surface area contributed by atoms with Crippen LogP contribution >= 0.6 is 11.6 Å². The second kappa shape index (κ2) is 5.22. The van der Waals surface area contributed by atoms with Crippen LogP contribution in [0.15, 0.2) is 42.6 Å². The molecule has 0 spiro atoms. The molecule has 0 aliphatic heterocycles. The summed E-state index contributed by atoms with van der Waals surface area (Å²) in [5, 5.41) is 1.46. The molecule has 0 bridgehead atoms. The predicted molar refractivity (Wildman–Crippen MR) is 84.6 cm³/mol. The van der Waals surface area contributed by atoms with Gasteiger partial charge in [0.1, 0.15) is 5.15 Å². The number of benzene rings is 1. The number of halogens is 1. The lowest BCUT2D eigenvalue weighted by atomic mass is 10.1. The predicted octanol–water partition coefficient (Wildman–Crippen LogP) is 3.59. The van der Waals surface area contributed by atoms with Gasteiger partial charge in [-0.05, 0) is 29.8 Å². The Kier molecular flexibility index (Phi) is 3.39. The number of nitrogens with one attached hydrogen (secondary N) is 1. The molecule has 1 aromatic carbocycles. The van der Waals surface area contributed by atoms with Gasteiger partial charge in [0.05, 0.1) is 5.52 Å². The second-order valence-corrected chi connectivity index (χ2v) is 5.44. The smallest absolute Gasteiger partial charge is 0.253 e. The number of fused-ring (bicyclic) bond motifs is 1. The number of aromatic nitrogens is 2. The van der Waals surface area contributed by atoms with Crippen LogP contribution in [0.4, 0.5) is 0 Å². The van der Waals surface area contributed by atoms with Crippen molar-refractivity contribution < 1.29 is 4.79 Å². The summed E-state index contributed by atoms with van der Waals surface area (Å²) < 4.78 is 0. The Bertz CT molecular complexity index is 806. The van der Waals surface area contributed by atoms with E-state index in [0.717, 1.165) is 22.2 Å². The van der Waals surface area contributed by atoms with Gasteiger partial charge >= 0.3 is 0 Å². The first kappa shape index (κ1) is 13.6. The van der Waals surface area contributed by atoms with Crippen LogP contribution in [0, 0.1) is 0 Å². The van der Waals surface area contributed by atoms with Crippen LogP contribution in [0.1, 0.15) is 10.4 Å². The maximum atomic E-state index is 11.9. The number of aromatic amines is 1. The quantitative estimate of drug-likeness (QED) is 0.735. The van der Waals surface area contributed by atoms with E-state index < -0.39 is 0 Å². The van der Waals surface area contributed by atoms with Gasteiger partial charge in [-0.1, -0.05) is 23.7 Å². The summed E-state index contributed by atoms with van der Waals surface area (Å²) in [5.74, 6) is -0.00539. The van der Waals surface area contributed by atoms with Gasteiger partial charge in [0.25, 0.3) is 5.91 Å². The number of rotatable bonds is 2. The Balaban J connectivity index is 1.97. The van der Waals surface area contributed by atoms with Crippen molar-refractivity contribution >= 4 is 28.4 Å². The molecule has 1 amide bonds. The van der Waals surface area contributed by atoms with Gasteiger partial charge in [-0.25, -0.2) is 4.98 Å². The fraction of sp³-hybridized carbons (Fsp3) is 0.125. The van der Waals surface area contributed by atoms with Crippen LogP contribution in [0.2, 0.25) is 5.15 Å². The Morgan fingerprint density at radius 2 is 1.90 bits per heavy atom. The number of pyridine rings is 1. The lowest BCUT2D eigenvalue weighted by molar-refractivity contribution is 0.0827. The van der Waals surface area contributed by atoms with Crippen molar-refractivity contribution in [1.82, 2.24) is 14.9 Å². The highest BCUT2D eigenvalue weighted by Gasteiger charge is 2.09. The standard InChI is InChI=1S/C16H14ClN3O/c1-20(2)16(21)11-5-3-10(4-6-11)13-7-12-9-18-15(17)8-14(12)19-13/h3-9,19H,1-2H3. The molecule has 4 nitrogen and oxygen atoms in total. The SMILES string of the molecule is CN(C)C(=O)c1ccc(-c2cc3cnc(Cl)cc3[nH]2)cc1. The largest absolute Gasteiger partial charge is 0.354 e. The first-order chi connectivity index (χ1) is 10.0. The topological polar surface area (TPSA) is 49.0 Å². The average Bonchev–Trinajstić information content (AvgIpc) is 2.89. The van der Waals surface area contributed by atoms with E-state index in [4.69, 9.17) is 11.6 Å². The molecule has 2 aromatic heterocycles. The van der Waals surface area contributed by atoms with E-state index in [2.05, 4.69) is 9.97 Å². The third-order valence-electron chi connectivity index (χ3n) is 3.32. The molecule has 0 fully saturated rings. The number of amides is 1. The van der Waals surface area contributed by atoms with Crippen molar-refractivity contribution in [3.05, 3.63) is 53.3 Å². The van der Waals surface area contributed by atoms with Crippen molar-refractivity contribution in [1.29, 1.82) is 0 Å². The van der Waals surface area contributed by atoms with E-state index >= 15 is 0 Å². The summed E-state index contributed by atoms with van der Waals surface area (Å²) in [6, 6.07) is 11.3. The fourth-order valence-electron chi connectivity index (χ4n) is 2.21. The van der Waals surface area contributed by atoms with Gasteiger partial charge in [-0.3, -0.25) is 4.79 Å². The van der Waals surface area contributed by atoms with E-state index in [0.29, 0.717) is 10.7 Å². The minimum Gasteiger partial charge on any atom is -0.354 e. The molecule has 0 aliphatic rings. The Morgan fingerprint density at radius 1 is 1.19 bits per heavy atom. The first-order valence-corrected chi connectivity index (χ1v) is 6.89. The maximum absolute atomic E-state index is 11.9. The number of carbonyl (C=O) groups is 1. The third-order valence-corrected chi connectivity index (χ3v) is 3.53. The molecule has 3 rings (SSSR count).